The Balaban J connectivity index is 2.22. The van der Waals surface area contributed by atoms with Gasteiger partial charge in [0.2, 0.25) is 0 Å². The second-order valence-corrected chi connectivity index (χ2v) is 7.39. The van der Waals surface area contributed by atoms with E-state index in [9.17, 15) is 14.7 Å². The molecule has 0 bridgehead atoms. The number of hydrogen-bond donors (Lipinski definition) is 1. The fourth-order valence-corrected chi connectivity index (χ4v) is 3.83. The van der Waals surface area contributed by atoms with Gasteiger partial charge in [0.25, 0.3) is 11.7 Å². The first-order valence-electron chi connectivity index (χ1n) is 9.66. The lowest BCUT2D eigenvalue weighted by Gasteiger charge is -2.25. The van der Waals surface area contributed by atoms with E-state index in [-0.39, 0.29) is 21.9 Å². The molecule has 0 spiro atoms. The molecule has 0 aromatic heterocycles. The minimum absolute atomic E-state index is 0.0459. The molecular formula is C23H24ClNO4. The summed E-state index contributed by atoms with van der Waals surface area (Å²) in [5, 5.41) is 11.4. The molecule has 1 saturated heterocycles. The van der Waals surface area contributed by atoms with Gasteiger partial charge in [-0.25, -0.2) is 0 Å². The topological polar surface area (TPSA) is 66.8 Å². The monoisotopic (exact) mass is 413 g/mol. The summed E-state index contributed by atoms with van der Waals surface area (Å²) in [6, 6.07) is 11.8. The number of aliphatic hydroxyl groups excluding tert-OH is 1. The minimum atomic E-state index is -0.708. The van der Waals surface area contributed by atoms with Crippen LogP contribution in [0.4, 0.5) is 0 Å². The number of ketones is 1. The molecule has 1 heterocycles. The van der Waals surface area contributed by atoms with E-state index in [0.717, 1.165) is 11.1 Å². The SMILES string of the molecule is CCCN1C(=O)C(=O)/C(=C(/O)c2cc(OCC)ccc2Cl)C1c1cccc(C)c1. The molecule has 1 N–H and O–H groups in total. The molecule has 3 rings (SSSR count). The Labute approximate surface area is 175 Å². The highest BCUT2D eigenvalue weighted by Crippen LogP contribution is 2.41. The van der Waals surface area contributed by atoms with E-state index in [1.165, 1.54) is 4.90 Å². The predicted molar refractivity (Wildman–Crippen MR) is 113 cm³/mol. The third kappa shape index (κ3) is 4.01. The first-order chi connectivity index (χ1) is 13.9. The number of Topliss-reactive ketones (excluding diaryl/α,β-unsaturated/α-hetero) is 1. The third-order valence-electron chi connectivity index (χ3n) is 4.87. The number of carbonyl (C=O) groups is 2. The molecule has 29 heavy (non-hydrogen) atoms. The first kappa shape index (κ1) is 20.9. The Morgan fingerprint density at radius 1 is 1.17 bits per heavy atom. The predicted octanol–water partition coefficient (Wildman–Crippen LogP) is 4.88. The molecule has 1 aliphatic heterocycles. The maximum Gasteiger partial charge on any atom is 0.295 e. The minimum Gasteiger partial charge on any atom is -0.507 e. The van der Waals surface area contributed by atoms with Crippen LogP contribution in [0.5, 0.6) is 5.75 Å². The Morgan fingerprint density at radius 3 is 2.59 bits per heavy atom. The highest BCUT2D eigenvalue weighted by atomic mass is 35.5. The van der Waals surface area contributed by atoms with Crippen LogP contribution in [-0.4, -0.2) is 34.8 Å². The summed E-state index contributed by atoms with van der Waals surface area (Å²) in [6.45, 7) is 6.59. The molecular weight excluding hydrogens is 390 g/mol. The van der Waals surface area contributed by atoms with Crippen LogP contribution >= 0.6 is 11.6 Å². The number of nitrogens with zero attached hydrogens (tertiary/aromatic N) is 1. The van der Waals surface area contributed by atoms with Gasteiger partial charge in [-0.05, 0) is 44.0 Å². The van der Waals surface area contributed by atoms with Gasteiger partial charge in [-0.2, -0.15) is 0 Å². The van der Waals surface area contributed by atoms with E-state index in [0.29, 0.717) is 25.3 Å². The summed E-state index contributed by atoms with van der Waals surface area (Å²) < 4.78 is 5.49. The van der Waals surface area contributed by atoms with Gasteiger partial charge in [-0.1, -0.05) is 48.4 Å². The number of amides is 1. The lowest BCUT2D eigenvalue weighted by molar-refractivity contribution is -0.139. The summed E-state index contributed by atoms with van der Waals surface area (Å²) in [7, 11) is 0. The molecule has 6 heteroatoms. The number of aliphatic hydroxyl groups is 1. The molecule has 0 radical (unpaired) electrons. The van der Waals surface area contributed by atoms with Crippen molar-refractivity contribution in [2.45, 2.75) is 33.2 Å². The number of benzene rings is 2. The highest BCUT2D eigenvalue weighted by molar-refractivity contribution is 6.47. The molecule has 1 aliphatic rings. The van der Waals surface area contributed by atoms with Gasteiger partial charge in [0.15, 0.2) is 0 Å². The molecule has 1 amide bonds. The maximum absolute atomic E-state index is 12.9. The van der Waals surface area contributed by atoms with Crippen molar-refractivity contribution in [3.8, 4) is 5.75 Å². The lowest BCUT2D eigenvalue weighted by Crippen LogP contribution is -2.30. The van der Waals surface area contributed by atoms with Crippen molar-refractivity contribution < 1.29 is 19.4 Å². The molecule has 0 saturated carbocycles. The summed E-state index contributed by atoms with van der Waals surface area (Å²) in [6.07, 6.45) is 0.690. The highest BCUT2D eigenvalue weighted by Gasteiger charge is 2.45. The van der Waals surface area contributed by atoms with E-state index < -0.39 is 17.7 Å². The van der Waals surface area contributed by atoms with Crippen LogP contribution in [0.3, 0.4) is 0 Å². The van der Waals surface area contributed by atoms with Crippen LogP contribution in [0.15, 0.2) is 48.0 Å². The molecule has 1 unspecified atom stereocenters. The maximum atomic E-state index is 12.9. The van der Waals surface area contributed by atoms with Crippen molar-refractivity contribution in [1.82, 2.24) is 4.90 Å². The fourth-order valence-electron chi connectivity index (χ4n) is 3.63. The lowest BCUT2D eigenvalue weighted by atomic mass is 9.94. The number of rotatable bonds is 6. The number of likely N-dealkylation sites (tertiary alicyclic amines) is 1. The second kappa shape index (κ2) is 8.70. The van der Waals surface area contributed by atoms with E-state index in [1.807, 2.05) is 45.0 Å². The van der Waals surface area contributed by atoms with Crippen molar-refractivity contribution in [3.05, 3.63) is 69.8 Å². The van der Waals surface area contributed by atoms with E-state index in [2.05, 4.69) is 0 Å². The molecule has 152 valence electrons. The van der Waals surface area contributed by atoms with E-state index in [1.54, 1.807) is 18.2 Å². The van der Waals surface area contributed by atoms with Crippen molar-refractivity contribution in [2.24, 2.45) is 0 Å². The van der Waals surface area contributed by atoms with Gasteiger partial charge in [0, 0.05) is 12.1 Å². The number of carbonyl (C=O) groups excluding carboxylic acids is 2. The molecule has 1 fully saturated rings. The quantitative estimate of drug-likeness (QED) is 0.416. The standard InChI is InChI=1S/C23H24ClNO4/c1-4-11-25-20(15-8-6-7-14(3)12-15)19(22(27)23(25)28)21(26)17-13-16(29-5-2)9-10-18(17)24/h6-10,12-13,20,26H,4-5,11H2,1-3H3/b21-19+. The third-order valence-corrected chi connectivity index (χ3v) is 5.20. The molecule has 5 nitrogen and oxygen atoms in total. The first-order valence-corrected chi connectivity index (χ1v) is 10.0. The Hall–Kier alpha value is -2.79. The summed E-state index contributed by atoms with van der Waals surface area (Å²) in [5.41, 5.74) is 2.09. The zero-order valence-electron chi connectivity index (χ0n) is 16.7. The number of ether oxygens (including phenoxy) is 1. The van der Waals surface area contributed by atoms with Gasteiger partial charge in [0.1, 0.15) is 11.5 Å². The summed E-state index contributed by atoms with van der Waals surface area (Å²) >= 11 is 6.31. The van der Waals surface area contributed by atoms with Crippen molar-refractivity contribution in [3.63, 3.8) is 0 Å². The average molecular weight is 414 g/mol. The van der Waals surface area contributed by atoms with Crippen molar-refractivity contribution in [2.75, 3.05) is 13.2 Å². The van der Waals surface area contributed by atoms with E-state index in [4.69, 9.17) is 16.3 Å². The number of aryl methyl sites for hydroxylation is 1. The normalized spacial score (nSPS) is 18.3. The zero-order valence-corrected chi connectivity index (χ0v) is 17.5. The van der Waals surface area contributed by atoms with Crippen LogP contribution in [0.2, 0.25) is 5.02 Å². The molecule has 2 aromatic carbocycles. The van der Waals surface area contributed by atoms with Crippen LogP contribution in [0.25, 0.3) is 5.76 Å². The van der Waals surface area contributed by atoms with Gasteiger partial charge >= 0.3 is 0 Å². The van der Waals surface area contributed by atoms with Crippen LogP contribution < -0.4 is 4.74 Å². The summed E-state index contributed by atoms with van der Waals surface area (Å²) in [4.78, 5) is 27.2. The van der Waals surface area contributed by atoms with Gasteiger partial charge in [-0.15, -0.1) is 0 Å². The van der Waals surface area contributed by atoms with Crippen LogP contribution in [0.1, 0.15) is 43.0 Å². The summed E-state index contributed by atoms with van der Waals surface area (Å²) in [5.74, 6) is -1.09. The zero-order chi connectivity index (χ0) is 21.1. The smallest absolute Gasteiger partial charge is 0.295 e. The Bertz CT molecular complexity index is 983. The van der Waals surface area contributed by atoms with Gasteiger partial charge in [0.05, 0.1) is 23.2 Å². The van der Waals surface area contributed by atoms with Crippen molar-refractivity contribution in [1.29, 1.82) is 0 Å². The molecule has 0 aliphatic carbocycles. The van der Waals surface area contributed by atoms with Crippen LogP contribution in [0, 0.1) is 6.92 Å². The number of hydrogen-bond acceptors (Lipinski definition) is 4. The van der Waals surface area contributed by atoms with Crippen molar-refractivity contribution >= 4 is 29.1 Å². The average Bonchev–Trinajstić information content (AvgIpc) is 2.94. The second-order valence-electron chi connectivity index (χ2n) is 6.98. The number of halogens is 1. The largest absolute Gasteiger partial charge is 0.507 e. The molecule has 1 atom stereocenters. The van der Waals surface area contributed by atoms with Crippen LogP contribution in [-0.2, 0) is 9.59 Å². The Morgan fingerprint density at radius 2 is 1.93 bits per heavy atom. The van der Waals surface area contributed by atoms with Gasteiger partial charge < -0.3 is 14.7 Å². The molecule has 2 aromatic rings. The van der Waals surface area contributed by atoms with E-state index >= 15 is 0 Å². The van der Waals surface area contributed by atoms with Gasteiger partial charge in [-0.3, -0.25) is 9.59 Å². The fraction of sp³-hybridized carbons (Fsp3) is 0.304. The Kier molecular flexibility index (Phi) is 6.28.